The maximum absolute atomic E-state index is 5.26. The molecule has 0 bridgehead atoms. The van der Waals surface area contributed by atoms with E-state index in [1.54, 1.807) is 7.11 Å². The molecule has 1 unspecified atom stereocenters. The molecule has 1 aliphatic heterocycles. The normalized spacial score (nSPS) is 20.1. The number of nitrogens with zero attached hydrogens (tertiary/aromatic N) is 5. The van der Waals surface area contributed by atoms with E-state index < -0.39 is 0 Å². The predicted octanol–water partition coefficient (Wildman–Crippen LogP) is 2.43. The van der Waals surface area contributed by atoms with E-state index in [1.165, 1.54) is 44.2 Å². The van der Waals surface area contributed by atoms with Crippen LogP contribution in [0.3, 0.4) is 0 Å². The van der Waals surface area contributed by atoms with Gasteiger partial charge >= 0.3 is 0 Å². The highest BCUT2D eigenvalue weighted by Crippen LogP contribution is 2.26. The molecule has 2 aliphatic rings. The third-order valence-corrected chi connectivity index (χ3v) is 6.83. The summed E-state index contributed by atoms with van der Waals surface area (Å²) in [6.07, 6.45) is 7.58. The molecule has 4 rings (SSSR count). The van der Waals surface area contributed by atoms with Crippen LogP contribution in [0.4, 0.5) is 0 Å². The van der Waals surface area contributed by atoms with E-state index in [2.05, 4.69) is 37.9 Å². The van der Waals surface area contributed by atoms with Gasteiger partial charge in [0.15, 0.2) is 11.8 Å². The monoisotopic (exact) mass is 439 g/mol. The first-order chi connectivity index (χ1) is 15.6. The molecule has 32 heavy (non-hydrogen) atoms. The summed E-state index contributed by atoms with van der Waals surface area (Å²) in [5.41, 5.74) is 1.27. The first-order valence-corrected chi connectivity index (χ1v) is 11.9. The van der Waals surface area contributed by atoms with Crippen molar-refractivity contribution >= 4 is 5.96 Å². The molecular formula is C24H37N7O. The Hall–Kier alpha value is -2.61. The van der Waals surface area contributed by atoms with Crippen molar-refractivity contribution in [2.45, 2.75) is 64.1 Å². The number of nitrogens with one attached hydrogen (secondary N) is 2. The van der Waals surface area contributed by atoms with E-state index >= 15 is 0 Å². The molecule has 0 spiro atoms. The molecule has 2 aromatic rings. The zero-order valence-corrected chi connectivity index (χ0v) is 19.7. The van der Waals surface area contributed by atoms with Crippen molar-refractivity contribution in [3.63, 3.8) is 0 Å². The average Bonchev–Trinajstić information content (AvgIpc) is 3.56. The topological polar surface area (TPSA) is 79.6 Å². The van der Waals surface area contributed by atoms with Gasteiger partial charge in [0.2, 0.25) is 0 Å². The Morgan fingerprint density at radius 2 is 1.94 bits per heavy atom. The lowest BCUT2D eigenvalue weighted by atomic mass is 10.1. The lowest BCUT2D eigenvalue weighted by molar-refractivity contribution is 0.242. The summed E-state index contributed by atoms with van der Waals surface area (Å²) in [6.45, 7) is 5.57. The first-order valence-electron chi connectivity index (χ1n) is 11.9. The van der Waals surface area contributed by atoms with E-state index in [-0.39, 0.29) is 0 Å². The number of ether oxygens (including phenoxy) is 1. The number of aryl methyl sites for hydroxylation is 1. The second-order valence-electron chi connectivity index (χ2n) is 8.98. The Morgan fingerprint density at radius 1 is 1.16 bits per heavy atom. The number of benzene rings is 1. The molecule has 1 aromatic carbocycles. The quantitative estimate of drug-likeness (QED) is 0.486. The average molecular weight is 440 g/mol. The lowest BCUT2D eigenvalue weighted by Gasteiger charge is -2.24. The molecule has 2 heterocycles. The van der Waals surface area contributed by atoms with Crippen LogP contribution >= 0.6 is 0 Å². The van der Waals surface area contributed by atoms with Crippen LogP contribution in [0.15, 0.2) is 29.3 Å². The number of methoxy groups -OCH3 is 1. The molecule has 8 heteroatoms. The second-order valence-corrected chi connectivity index (χ2v) is 8.98. The fourth-order valence-corrected chi connectivity index (χ4v) is 4.71. The van der Waals surface area contributed by atoms with Crippen molar-refractivity contribution < 1.29 is 4.74 Å². The molecule has 8 nitrogen and oxygen atoms in total. The minimum absolute atomic E-state index is 0.434. The van der Waals surface area contributed by atoms with Crippen molar-refractivity contribution in [2.75, 3.05) is 26.7 Å². The van der Waals surface area contributed by atoms with E-state index in [1.807, 2.05) is 30.7 Å². The Balaban J connectivity index is 1.35. The molecule has 1 saturated heterocycles. The van der Waals surface area contributed by atoms with E-state index in [9.17, 15) is 0 Å². The van der Waals surface area contributed by atoms with Gasteiger partial charge in [0.05, 0.1) is 7.11 Å². The molecule has 174 valence electrons. The van der Waals surface area contributed by atoms with Gasteiger partial charge < -0.3 is 19.9 Å². The number of aromatic nitrogens is 3. The first kappa shape index (κ1) is 22.6. The molecule has 2 N–H and O–H groups in total. The summed E-state index contributed by atoms with van der Waals surface area (Å²) in [5.74, 6) is 3.52. The predicted molar refractivity (Wildman–Crippen MR) is 127 cm³/mol. The summed E-state index contributed by atoms with van der Waals surface area (Å²) < 4.78 is 7.25. The van der Waals surface area contributed by atoms with Gasteiger partial charge in [-0.1, -0.05) is 25.0 Å². The van der Waals surface area contributed by atoms with Crippen molar-refractivity contribution in [3.8, 4) is 5.75 Å². The van der Waals surface area contributed by atoms with Gasteiger partial charge in [0.1, 0.15) is 18.1 Å². The number of hydrogen-bond acceptors (Lipinski definition) is 5. The number of rotatable bonds is 8. The molecule has 0 radical (unpaired) electrons. The van der Waals surface area contributed by atoms with Crippen LogP contribution in [0.25, 0.3) is 0 Å². The van der Waals surface area contributed by atoms with E-state index in [0.29, 0.717) is 12.6 Å². The zero-order valence-electron chi connectivity index (χ0n) is 19.7. The van der Waals surface area contributed by atoms with Crippen LogP contribution in [0.5, 0.6) is 5.75 Å². The van der Waals surface area contributed by atoms with Gasteiger partial charge in [0, 0.05) is 38.8 Å². The van der Waals surface area contributed by atoms with Gasteiger partial charge in [-0.15, -0.1) is 10.2 Å². The Bertz CT molecular complexity index is 886. The molecule has 1 saturated carbocycles. The van der Waals surface area contributed by atoms with Gasteiger partial charge in [-0.3, -0.25) is 4.90 Å². The van der Waals surface area contributed by atoms with Gasteiger partial charge in [-0.2, -0.15) is 0 Å². The standard InChI is InChI=1S/C24H37N7O/c1-18-28-29-23(30(18)2)16-26-24(25-14-12-19-8-10-22(32-3)11-9-19)27-20-13-15-31(17-20)21-6-4-5-7-21/h8-11,20-21H,4-7,12-17H2,1-3H3,(H2,25,26,27). The van der Waals surface area contributed by atoms with E-state index in [4.69, 9.17) is 9.73 Å². The molecule has 1 aliphatic carbocycles. The van der Waals surface area contributed by atoms with Crippen LogP contribution < -0.4 is 15.4 Å². The Labute approximate surface area is 191 Å². The minimum Gasteiger partial charge on any atom is -0.497 e. The summed E-state index contributed by atoms with van der Waals surface area (Å²) in [5, 5.41) is 15.6. The lowest BCUT2D eigenvalue weighted by Crippen LogP contribution is -2.46. The van der Waals surface area contributed by atoms with Crippen molar-refractivity contribution in [1.29, 1.82) is 0 Å². The van der Waals surface area contributed by atoms with Gasteiger partial charge in [0.25, 0.3) is 0 Å². The van der Waals surface area contributed by atoms with Crippen molar-refractivity contribution in [3.05, 3.63) is 41.5 Å². The second kappa shape index (κ2) is 10.8. The molecule has 1 atom stereocenters. The molecule has 2 fully saturated rings. The third-order valence-electron chi connectivity index (χ3n) is 6.83. The number of guanidine groups is 1. The minimum atomic E-state index is 0.434. The summed E-state index contributed by atoms with van der Waals surface area (Å²) in [7, 11) is 3.68. The van der Waals surface area contributed by atoms with Crippen LogP contribution in [0.1, 0.15) is 49.3 Å². The maximum atomic E-state index is 5.26. The Kier molecular flexibility index (Phi) is 7.63. The molecule has 0 amide bonds. The number of likely N-dealkylation sites (tertiary alicyclic amines) is 1. The SMILES string of the molecule is COc1ccc(CCNC(=NCc2nnc(C)n2C)NC2CCN(C3CCCC3)C2)cc1. The van der Waals surface area contributed by atoms with Crippen LogP contribution in [0.2, 0.25) is 0 Å². The smallest absolute Gasteiger partial charge is 0.191 e. The van der Waals surface area contributed by atoms with Gasteiger partial charge in [-0.25, -0.2) is 4.99 Å². The number of aliphatic imine (C=N–C) groups is 1. The maximum Gasteiger partial charge on any atom is 0.191 e. The van der Waals surface area contributed by atoms with Crippen LogP contribution in [0, 0.1) is 6.92 Å². The molecular weight excluding hydrogens is 402 g/mol. The summed E-state index contributed by atoms with van der Waals surface area (Å²) in [6, 6.07) is 9.47. The number of hydrogen-bond donors (Lipinski definition) is 2. The van der Waals surface area contributed by atoms with Crippen LogP contribution in [-0.4, -0.2) is 64.5 Å². The highest BCUT2D eigenvalue weighted by atomic mass is 16.5. The fraction of sp³-hybridized carbons (Fsp3) is 0.625. The van der Waals surface area contributed by atoms with Crippen molar-refractivity contribution in [1.82, 2.24) is 30.3 Å². The van der Waals surface area contributed by atoms with Crippen LogP contribution in [-0.2, 0) is 20.0 Å². The Morgan fingerprint density at radius 3 is 2.62 bits per heavy atom. The molecule has 1 aromatic heterocycles. The highest BCUT2D eigenvalue weighted by molar-refractivity contribution is 5.80. The fourth-order valence-electron chi connectivity index (χ4n) is 4.71. The van der Waals surface area contributed by atoms with Gasteiger partial charge in [-0.05, 0) is 50.3 Å². The van der Waals surface area contributed by atoms with E-state index in [0.717, 1.165) is 48.9 Å². The zero-order chi connectivity index (χ0) is 22.3. The highest BCUT2D eigenvalue weighted by Gasteiger charge is 2.30. The summed E-state index contributed by atoms with van der Waals surface area (Å²) >= 11 is 0. The summed E-state index contributed by atoms with van der Waals surface area (Å²) in [4.78, 5) is 7.52. The van der Waals surface area contributed by atoms with Crippen molar-refractivity contribution in [2.24, 2.45) is 12.0 Å². The largest absolute Gasteiger partial charge is 0.497 e. The third kappa shape index (κ3) is 5.79.